The highest BCUT2D eigenvalue weighted by atomic mass is 79.9. The lowest BCUT2D eigenvalue weighted by molar-refractivity contribution is 0.962. The van der Waals surface area contributed by atoms with Crippen molar-refractivity contribution in [2.24, 2.45) is 4.99 Å². The van der Waals surface area contributed by atoms with Gasteiger partial charge in [-0.05, 0) is 19.1 Å². The van der Waals surface area contributed by atoms with E-state index in [0.29, 0.717) is 0 Å². The van der Waals surface area contributed by atoms with Crippen molar-refractivity contribution in [3.05, 3.63) is 34.3 Å². The van der Waals surface area contributed by atoms with Crippen molar-refractivity contribution < 1.29 is 0 Å². The minimum atomic E-state index is 0.892. The number of nitrogens with zero attached hydrogens (tertiary/aromatic N) is 1. The number of benzene rings is 1. The van der Waals surface area contributed by atoms with Crippen molar-refractivity contribution in [3.63, 3.8) is 0 Å². The van der Waals surface area contributed by atoms with E-state index in [-0.39, 0.29) is 0 Å². The number of hydrogen-bond donors (Lipinski definition) is 1. The number of nitrogens with one attached hydrogen (secondary N) is 1. The van der Waals surface area contributed by atoms with Gasteiger partial charge in [0, 0.05) is 23.6 Å². The Morgan fingerprint density at radius 3 is 2.46 bits per heavy atom. The Labute approximate surface area is 87.2 Å². The molecule has 0 bridgehead atoms. The third-order valence-electron chi connectivity index (χ3n) is 1.69. The fourth-order valence-corrected chi connectivity index (χ4v) is 1.35. The molecule has 0 aliphatic heterocycles. The summed E-state index contributed by atoms with van der Waals surface area (Å²) in [5.74, 6) is 0.940. The summed E-state index contributed by atoms with van der Waals surface area (Å²) >= 11 is 3.40. The Bertz CT molecular complexity index is 290. The molecule has 0 fully saturated rings. The third-order valence-corrected chi connectivity index (χ3v) is 2.21. The summed E-state index contributed by atoms with van der Waals surface area (Å²) in [5, 5.41) is 3.20. The highest BCUT2D eigenvalue weighted by Crippen LogP contribution is 2.10. The van der Waals surface area contributed by atoms with Crippen LogP contribution in [-0.2, 0) is 0 Å². The zero-order chi connectivity index (χ0) is 9.68. The maximum atomic E-state index is 4.17. The molecule has 0 aromatic heterocycles. The van der Waals surface area contributed by atoms with E-state index >= 15 is 0 Å². The minimum absolute atomic E-state index is 0.892. The number of halogens is 1. The first kappa shape index (κ1) is 10.3. The molecule has 0 radical (unpaired) electrons. The van der Waals surface area contributed by atoms with Crippen LogP contribution in [0.5, 0.6) is 0 Å². The maximum Gasteiger partial charge on any atom is 0.127 e. The summed E-state index contributed by atoms with van der Waals surface area (Å²) in [4.78, 5) is 4.17. The van der Waals surface area contributed by atoms with Crippen LogP contribution in [0.15, 0.2) is 33.7 Å². The van der Waals surface area contributed by atoms with Gasteiger partial charge in [-0.2, -0.15) is 0 Å². The van der Waals surface area contributed by atoms with Gasteiger partial charge in [-0.15, -0.1) is 0 Å². The van der Waals surface area contributed by atoms with Crippen molar-refractivity contribution >= 4 is 21.8 Å². The van der Waals surface area contributed by atoms with Crippen molar-refractivity contribution in [1.82, 2.24) is 5.32 Å². The molecule has 0 unspecified atom stereocenters. The third kappa shape index (κ3) is 2.84. The Balaban J connectivity index is 2.87. The van der Waals surface area contributed by atoms with Gasteiger partial charge in [-0.1, -0.05) is 28.1 Å². The summed E-state index contributed by atoms with van der Waals surface area (Å²) in [6.45, 7) is 2.95. The molecule has 3 heteroatoms. The lowest BCUT2D eigenvalue weighted by Gasteiger charge is -2.06. The second-order valence-electron chi connectivity index (χ2n) is 2.61. The molecule has 0 saturated heterocycles. The Kier molecular flexibility index (Phi) is 3.96. The molecule has 0 saturated carbocycles. The number of rotatable bonds is 2. The van der Waals surface area contributed by atoms with Crippen LogP contribution in [0.1, 0.15) is 12.5 Å². The van der Waals surface area contributed by atoms with E-state index in [2.05, 4.69) is 33.2 Å². The average molecular weight is 241 g/mol. The normalized spacial score (nSPS) is 11.5. The zero-order valence-electron chi connectivity index (χ0n) is 7.84. The van der Waals surface area contributed by atoms with Gasteiger partial charge in [-0.25, -0.2) is 0 Å². The van der Waals surface area contributed by atoms with Crippen LogP contribution in [0, 0.1) is 0 Å². The summed E-state index contributed by atoms with van der Waals surface area (Å²) in [6, 6.07) is 8.10. The van der Waals surface area contributed by atoms with Crippen molar-refractivity contribution in [2.75, 3.05) is 13.6 Å². The first-order valence-corrected chi connectivity index (χ1v) is 5.03. The molecule has 0 spiro atoms. The summed E-state index contributed by atoms with van der Waals surface area (Å²) in [6.07, 6.45) is 0. The van der Waals surface area contributed by atoms with Crippen LogP contribution >= 0.6 is 15.9 Å². The average Bonchev–Trinajstić information content (AvgIpc) is 2.16. The SMILES string of the molecule is CCNC(=NC)c1ccc(Br)cc1. The minimum Gasteiger partial charge on any atom is -0.370 e. The second-order valence-corrected chi connectivity index (χ2v) is 3.53. The lowest BCUT2D eigenvalue weighted by Crippen LogP contribution is -2.23. The van der Waals surface area contributed by atoms with Gasteiger partial charge < -0.3 is 5.32 Å². The van der Waals surface area contributed by atoms with E-state index in [1.165, 1.54) is 0 Å². The predicted molar refractivity (Wildman–Crippen MR) is 60.3 cm³/mol. The van der Waals surface area contributed by atoms with Gasteiger partial charge >= 0.3 is 0 Å². The Morgan fingerprint density at radius 1 is 1.38 bits per heavy atom. The molecule has 1 aromatic rings. The molecule has 2 nitrogen and oxygen atoms in total. The van der Waals surface area contributed by atoms with Crippen LogP contribution in [0.25, 0.3) is 0 Å². The van der Waals surface area contributed by atoms with Gasteiger partial charge in [0.15, 0.2) is 0 Å². The van der Waals surface area contributed by atoms with Gasteiger partial charge in [-0.3, -0.25) is 4.99 Å². The quantitative estimate of drug-likeness (QED) is 0.624. The number of hydrogen-bond acceptors (Lipinski definition) is 1. The highest BCUT2D eigenvalue weighted by molar-refractivity contribution is 9.10. The monoisotopic (exact) mass is 240 g/mol. The Hall–Kier alpha value is -0.830. The predicted octanol–water partition coefficient (Wildman–Crippen LogP) is 2.44. The summed E-state index contributed by atoms with van der Waals surface area (Å²) < 4.78 is 1.09. The van der Waals surface area contributed by atoms with Crippen molar-refractivity contribution in [3.8, 4) is 0 Å². The molecule has 1 rings (SSSR count). The van der Waals surface area contributed by atoms with Gasteiger partial charge in [0.1, 0.15) is 5.84 Å². The molecular weight excluding hydrogens is 228 g/mol. The Morgan fingerprint density at radius 2 is 2.00 bits per heavy atom. The van der Waals surface area contributed by atoms with E-state index in [4.69, 9.17) is 0 Å². The van der Waals surface area contributed by atoms with Crippen molar-refractivity contribution in [2.45, 2.75) is 6.92 Å². The van der Waals surface area contributed by atoms with Crippen molar-refractivity contribution in [1.29, 1.82) is 0 Å². The van der Waals surface area contributed by atoms with Gasteiger partial charge in [0.25, 0.3) is 0 Å². The molecule has 13 heavy (non-hydrogen) atoms. The standard InChI is InChI=1S/C10H13BrN2/c1-3-13-10(12-2)8-4-6-9(11)7-5-8/h4-7H,3H2,1-2H3,(H,12,13). The van der Waals surface area contributed by atoms with E-state index in [0.717, 1.165) is 22.4 Å². The number of amidine groups is 1. The summed E-state index contributed by atoms with van der Waals surface area (Å²) in [7, 11) is 1.79. The molecule has 0 amide bonds. The van der Waals surface area contributed by atoms with Gasteiger partial charge in [0.2, 0.25) is 0 Å². The van der Waals surface area contributed by atoms with Crippen LogP contribution in [0.4, 0.5) is 0 Å². The molecule has 0 heterocycles. The lowest BCUT2D eigenvalue weighted by atomic mass is 10.2. The molecule has 1 aromatic carbocycles. The summed E-state index contributed by atoms with van der Waals surface area (Å²) in [5.41, 5.74) is 1.12. The molecule has 1 N–H and O–H groups in total. The maximum absolute atomic E-state index is 4.17. The topological polar surface area (TPSA) is 24.4 Å². The van der Waals surface area contributed by atoms with Crippen LogP contribution < -0.4 is 5.32 Å². The molecule has 0 aliphatic carbocycles. The largest absolute Gasteiger partial charge is 0.370 e. The van der Waals surface area contributed by atoms with Gasteiger partial charge in [0.05, 0.1) is 0 Å². The first-order chi connectivity index (χ1) is 6.27. The number of aliphatic imine (C=N–C) groups is 1. The highest BCUT2D eigenvalue weighted by Gasteiger charge is 1.99. The molecule has 0 aliphatic rings. The van der Waals surface area contributed by atoms with Crippen LogP contribution in [0.3, 0.4) is 0 Å². The second kappa shape index (κ2) is 5.02. The molecule has 70 valence electrons. The van der Waals surface area contributed by atoms with E-state index in [1.54, 1.807) is 7.05 Å². The smallest absolute Gasteiger partial charge is 0.127 e. The van der Waals surface area contributed by atoms with E-state index in [1.807, 2.05) is 24.3 Å². The van der Waals surface area contributed by atoms with Crippen LogP contribution in [0.2, 0.25) is 0 Å². The first-order valence-electron chi connectivity index (χ1n) is 4.24. The molecular formula is C10H13BrN2. The molecule has 0 atom stereocenters. The van der Waals surface area contributed by atoms with Crippen LogP contribution in [-0.4, -0.2) is 19.4 Å². The van der Waals surface area contributed by atoms with E-state index < -0.39 is 0 Å². The fourth-order valence-electron chi connectivity index (χ4n) is 1.09. The zero-order valence-corrected chi connectivity index (χ0v) is 9.43. The van der Waals surface area contributed by atoms with E-state index in [9.17, 15) is 0 Å². The fraction of sp³-hybridized carbons (Fsp3) is 0.300.